The molecule has 0 aliphatic carbocycles. The van der Waals surface area contributed by atoms with Crippen LogP contribution < -0.4 is 10.6 Å². The lowest BCUT2D eigenvalue weighted by molar-refractivity contribution is 0.102. The highest BCUT2D eigenvalue weighted by atomic mass is 35.5. The van der Waals surface area contributed by atoms with Gasteiger partial charge in [-0.3, -0.25) is 14.6 Å². The average Bonchev–Trinajstić information content (AvgIpc) is 2.68. The third kappa shape index (κ3) is 4.38. The third-order valence-electron chi connectivity index (χ3n) is 4.56. The molecule has 2 N–H and O–H groups in total. The van der Waals surface area contributed by atoms with Crippen LogP contribution in [-0.2, 0) is 0 Å². The molecule has 0 bridgehead atoms. The molecule has 142 valence electrons. The van der Waals surface area contributed by atoms with E-state index in [9.17, 15) is 9.59 Å². The summed E-state index contributed by atoms with van der Waals surface area (Å²) in [4.78, 5) is 29.3. The van der Waals surface area contributed by atoms with Gasteiger partial charge in [-0.1, -0.05) is 29.8 Å². The van der Waals surface area contributed by atoms with Gasteiger partial charge in [0.15, 0.2) is 0 Å². The molecule has 0 radical (unpaired) electrons. The first-order chi connectivity index (χ1) is 13.3. The van der Waals surface area contributed by atoms with Crippen LogP contribution >= 0.6 is 11.6 Å². The molecule has 5 nitrogen and oxygen atoms in total. The number of rotatable bonds is 4. The van der Waals surface area contributed by atoms with Crippen LogP contribution in [-0.4, -0.2) is 16.8 Å². The van der Waals surface area contributed by atoms with Crippen LogP contribution in [0.1, 0.15) is 37.5 Å². The number of hydrogen-bond donors (Lipinski definition) is 2. The van der Waals surface area contributed by atoms with Gasteiger partial charge in [-0.15, -0.1) is 0 Å². The highest BCUT2D eigenvalue weighted by Gasteiger charge is 2.14. The Balaban J connectivity index is 1.79. The molecule has 1 aromatic heterocycles. The van der Waals surface area contributed by atoms with Crippen LogP contribution in [0.3, 0.4) is 0 Å². The van der Waals surface area contributed by atoms with E-state index in [1.165, 1.54) is 12.3 Å². The number of carbonyl (C=O) groups is 2. The van der Waals surface area contributed by atoms with Crippen LogP contribution in [0.4, 0.5) is 11.4 Å². The number of hydrogen-bond acceptors (Lipinski definition) is 3. The maximum atomic E-state index is 12.6. The fourth-order valence-corrected chi connectivity index (χ4v) is 2.86. The third-order valence-corrected chi connectivity index (χ3v) is 4.79. The van der Waals surface area contributed by atoms with Crippen molar-refractivity contribution < 1.29 is 9.59 Å². The highest BCUT2D eigenvalue weighted by Crippen LogP contribution is 2.21. The predicted octanol–water partition coefficient (Wildman–Crippen LogP) is 5.16. The SMILES string of the molecule is Cc1ccc(Cl)cc1NC(=O)c1ccnc(C(=O)Nc2cccc(C)c2C)c1. The van der Waals surface area contributed by atoms with Crippen LogP contribution in [0.15, 0.2) is 54.7 Å². The molecule has 2 aromatic carbocycles. The molecule has 0 aliphatic rings. The molecule has 28 heavy (non-hydrogen) atoms. The minimum atomic E-state index is -0.373. The average molecular weight is 394 g/mol. The van der Waals surface area contributed by atoms with Gasteiger partial charge in [-0.25, -0.2) is 0 Å². The molecule has 0 saturated heterocycles. The van der Waals surface area contributed by atoms with Crippen LogP contribution in [0, 0.1) is 20.8 Å². The maximum absolute atomic E-state index is 12.6. The number of benzene rings is 2. The number of aromatic nitrogens is 1. The summed E-state index contributed by atoms with van der Waals surface area (Å²) >= 11 is 6.00. The van der Waals surface area contributed by atoms with Gasteiger partial charge in [0, 0.05) is 28.2 Å². The van der Waals surface area contributed by atoms with Crippen LogP contribution in [0.5, 0.6) is 0 Å². The Hall–Kier alpha value is -3.18. The highest BCUT2D eigenvalue weighted by molar-refractivity contribution is 6.31. The zero-order chi connectivity index (χ0) is 20.3. The first-order valence-corrected chi connectivity index (χ1v) is 9.14. The standard InChI is InChI=1S/C22H20ClN3O2/c1-13-5-4-6-18(15(13)3)25-22(28)20-11-16(9-10-24-20)21(27)26-19-12-17(23)8-7-14(19)2/h4-12H,1-3H3,(H,25,28)(H,26,27). The van der Waals surface area contributed by atoms with E-state index < -0.39 is 0 Å². The number of nitrogens with one attached hydrogen (secondary N) is 2. The van der Waals surface area contributed by atoms with Crippen LogP contribution in [0.2, 0.25) is 5.02 Å². The Morgan fingerprint density at radius 2 is 1.61 bits per heavy atom. The van der Waals surface area contributed by atoms with Gasteiger partial charge in [0.2, 0.25) is 0 Å². The van der Waals surface area contributed by atoms with Gasteiger partial charge < -0.3 is 10.6 Å². The van der Waals surface area contributed by atoms with Crippen molar-refractivity contribution in [1.82, 2.24) is 4.98 Å². The number of nitrogens with zero attached hydrogens (tertiary/aromatic N) is 1. The van der Waals surface area contributed by atoms with Crippen molar-refractivity contribution in [3.8, 4) is 0 Å². The molecule has 0 unspecified atom stereocenters. The Kier molecular flexibility index (Phi) is 5.76. The van der Waals surface area contributed by atoms with Gasteiger partial charge in [0.05, 0.1) is 0 Å². The summed E-state index contributed by atoms with van der Waals surface area (Å²) in [6.07, 6.45) is 1.44. The monoisotopic (exact) mass is 393 g/mol. The van der Waals surface area contributed by atoms with Gasteiger partial charge in [-0.2, -0.15) is 0 Å². The smallest absolute Gasteiger partial charge is 0.274 e. The maximum Gasteiger partial charge on any atom is 0.274 e. The normalized spacial score (nSPS) is 10.4. The molecular weight excluding hydrogens is 374 g/mol. The van der Waals surface area contributed by atoms with Crippen molar-refractivity contribution in [2.24, 2.45) is 0 Å². The fraction of sp³-hybridized carbons (Fsp3) is 0.136. The van der Waals surface area contributed by atoms with E-state index in [1.807, 2.05) is 45.0 Å². The van der Waals surface area contributed by atoms with Gasteiger partial charge in [0.1, 0.15) is 5.69 Å². The molecule has 3 rings (SSSR count). The van der Waals surface area contributed by atoms with E-state index in [1.54, 1.807) is 18.2 Å². The number of pyridine rings is 1. The molecule has 0 saturated carbocycles. The summed E-state index contributed by atoms with van der Waals surface area (Å²) in [5.41, 5.74) is 4.79. The molecule has 3 aromatic rings. The van der Waals surface area contributed by atoms with E-state index in [2.05, 4.69) is 15.6 Å². The lowest BCUT2D eigenvalue weighted by Crippen LogP contribution is -2.17. The van der Waals surface area contributed by atoms with E-state index >= 15 is 0 Å². The van der Waals surface area contributed by atoms with Crippen molar-refractivity contribution in [3.63, 3.8) is 0 Å². The Morgan fingerprint density at radius 3 is 2.39 bits per heavy atom. The van der Waals surface area contributed by atoms with Gasteiger partial charge >= 0.3 is 0 Å². The largest absolute Gasteiger partial charge is 0.322 e. The molecule has 6 heteroatoms. The Bertz CT molecular complexity index is 1030. The Morgan fingerprint density at radius 1 is 0.857 bits per heavy atom. The molecule has 0 fully saturated rings. The molecule has 0 aliphatic heterocycles. The topological polar surface area (TPSA) is 71.1 Å². The van der Waals surface area contributed by atoms with E-state index in [4.69, 9.17) is 11.6 Å². The quantitative estimate of drug-likeness (QED) is 0.642. The second-order valence-corrected chi connectivity index (χ2v) is 6.98. The van der Waals surface area contributed by atoms with Crippen molar-refractivity contribution in [2.45, 2.75) is 20.8 Å². The zero-order valence-electron chi connectivity index (χ0n) is 15.8. The summed E-state index contributed by atoms with van der Waals surface area (Å²) < 4.78 is 0. The first-order valence-electron chi connectivity index (χ1n) is 8.76. The summed E-state index contributed by atoms with van der Waals surface area (Å²) in [5, 5.41) is 6.20. The lowest BCUT2D eigenvalue weighted by atomic mass is 10.1. The van der Waals surface area contributed by atoms with E-state index in [-0.39, 0.29) is 17.5 Å². The van der Waals surface area contributed by atoms with E-state index in [0.29, 0.717) is 16.3 Å². The number of aryl methyl sites for hydroxylation is 2. The second-order valence-electron chi connectivity index (χ2n) is 6.54. The number of anilines is 2. The van der Waals surface area contributed by atoms with Crippen LogP contribution in [0.25, 0.3) is 0 Å². The van der Waals surface area contributed by atoms with Crippen molar-refractivity contribution >= 4 is 34.8 Å². The van der Waals surface area contributed by atoms with Gasteiger partial charge in [0.25, 0.3) is 11.8 Å². The summed E-state index contributed by atoms with van der Waals surface area (Å²) in [7, 11) is 0. The van der Waals surface area contributed by atoms with Gasteiger partial charge in [-0.05, 0) is 67.8 Å². The number of carbonyl (C=O) groups excluding carboxylic acids is 2. The molecular formula is C22H20ClN3O2. The first kappa shape index (κ1) is 19.6. The van der Waals surface area contributed by atoms with Crippen molar-refractivity contribution in [1.29, 1.82) is 0 Å². The number of amides is 2. The minimum absolute atomic E-state index is 0.163. The summed E-state index contributed by atoms with van der Waals surface area (Å²) in [5.74, 6) is -0.712. The summed E-state index contributed by atoms with van der Waals surface area (Å²) in [6.45, 7) is 5.79. The molecule has 0 atom stereocenters. The minimum Gasteiger partial charge on any atom is -0.322 e. The molecule has 1 heterocycles. The summed E-state index contributed by atoms with van der Waals surface area (Å²) in [6, 6.07) is 14.0. The predicted molar refractivity (Wildman–Crippen MR) is 112 cm³/mol. The second kappa shape index (κ2) is 8.23. The van der Waals surface area contributed by atoms with E-state index in [0.717, 1.165) is 22.4 Å². The lowest BCUT2D eigenvalue weighted by Gasteiger charge is -2.11. The van der Waals surface area contributed by atoms with Crippen molar-refractivity contribution in [3.05, 3.63) is 87.7 Å². The number of halogens is 1. The molecule has 2 amide bonds. The Labute approximate surface area is 168 Å². The fourth-order valence-electron chi connectivity index (χ4n) is 2.69. The van der Waals surface area contributed by atoms with Crippen molar-refractivity contribution in [2.75, 3.05) is 10.6 Å². The molecule has 0 spiro atoms. The zero-order valence-corrected chi connectivity index (χ0v) is 16.6.